The fraction of sp³-hybridized carbons (Fsp3) is 0.125. The highest BCUT2D eigenvalue weighted by atomic mass is 16.6. The minimum atomic E-state index is -0.470. The van der Waals surface area contributed by atoms with Crippen molar-refractivity contribution in [2.45, 2.75) is 0 Å². The lowest BCUT2D eigenvalue weighted by atomic mass is 10.2. The quantitative estimate of drug-likeness (QED) is 0.578. The van der Waals surface area contributed by atoms with Crippen LogP contribution in [0.15, 0.2) is 18.5 Å². The van der Waals surface area contributed by atoms with Crippen molar-refractivity contribution in [3.63, 3.8) is 0 Å². The second-order valence-corrected chi connectivity index (χ2v) is 2.67. The summed E-state index contributed by atoms with van der Waals surface area (Å²) in [7, 11) is 1.50. The first-order valence-corrected chi connectivity index (χ1v) is 3.88. The smallest absolute Gasteiger partial charge is 0.297 e. The number of rotatable bonds is 2. The lowest BCUT2D eigenvalue weighted by molar-refractivity contribution is -0.383. The summed E-state index contributed by atoms with van der Waals surface area (Å²) in [6, 6.07) is 2.92. The third kappa shape index (κ3) is 1.08. The second-order valence-electron chi connectivity index (χ2n) is 2.67. The van der Waals surface area contributed by atoms with Gasteiger partial charge in [0.05, 0.1) is 18.4 Å². The first-order chi connectivity index (χ1) is 6.74. The van der Waals surface area contributed by atoms with Crippen LogP contribution in [0, 0.1) is 10.1 Å². The summed E-state index contributed by atoms with van der Waals surface area (Å²) in [5.41, 5.74) is 0.832. The van der Waals surface area contributed by atoms with E-state index in [1.807, 2.05) is 0 Å². The number of H-pyrrole nitrogens is 1. The maximum absolute atomic E-state index is 10.6. The molecule has 2 aromatic rings. The van der Waals surface area contributed by atoms with E-state index in [-0.39, 0.29) is 5.69 Å². The molecule has 0 fully saturated rings. The number of nitrogens with zero attached hydrogens (tertiary/aromatic N) is 2. The molecule has 6 nitrogen and oxygen atoms in total. The molecule has 1 N–H and O–H groups in total. The van der Waals surface area contributed by atoms with Crippen molar-refractivity contribution in [2.24, 2.45) is 0 Å². The Morgan fingerprint density at radius 1 is 1.57 bits per heavy atom. The zero-order chi connectivity index (χ0) is 10.1. The third-order valence-corrected chi connectivity index (χ3v) is 1.94. The highest BCUT2D eigenvalue weighted by Gasteiger charge is 2.16. The van der Waals surface area contributed by atoms with Crippen LogP contribution in [0.3, 0.4) is 0 Å². The number of benzene rings is 1. The van der Waals surface area contributed by atoms with E-state index in [1.54, 1.807) is 6.07 Å². The Balaban J connectivity index is 2.78. The van der Waals surface area contributed by atoms with Crippen LogP contribution in [0.5, 0.6) is 5.75 Å². The Morgan fingerprint density at radius 2 is 2.36 bits per heavy atom. The Hall–Kier alpha value is -2.11. The van der Waals surface area contributed by atoms with Crippen LogP contribution >= 0.6 is 0 Å². The highest BCUT2D eigenvalue weighted by molar-refractivity contribution is 5.89. The first kappa shape index (κ1) is 8.49. The van der Waals surface area contributed by atoms with Gasteiger partial charge in [-0.2, -0.15) is 0 Å². The number of hydrogen-bond acceptors (Lipinski definition) is 4. The molecule has 0 saturated heterocycles. The van der Waals surface area contributed by atoms with Crippen molar-refractivity contribution in [1.82, 2.24) is 9.97 Å². The standard InChI is InChI=1S/C8H7N3O3/c1-14-6-3-2-5(11(12)13)7-8(6)10-4-9-7/h2-4H,1H3,(H,9,10). The van der Waals surface area contributed by atoms with Crippen LogP contribution in [0.1, 0.15) is 0 Å². The molecule has 0 spiro atoms. The van der Waals surface area contributed by atoms with E-state index in [0.717, 1.165) is 0 Å². The molecule has 1 heterocycles. The van der Waals surface area contributed by atoms with Crippen LogP contribution in [0.2, 0.25) is 0 Å². The van der Waals surface area contributed by atoms with Gasteiger partial charge in [0, 0.05) is 6.07 Å². The van der Waals surface area contributed by atoms with Gasteiger partial charge in [-0.15, -0.1) is 0 Å². The van der Waals surface area contributed by atoms with Gasteiger partial charge in [0.25, 0.3) is 5.69 Å². The molecular formula is C8H7N3O3. The molecule has 0 radical (unpaired) electrons. The highest BCUT2D eigenvalue weighted by Crippen LogP contribution is 2.29. The number of ether oxygens (including phenoxy) is 1. The van der Waals surface area contributed by atoms with E-state index >= 15 is 0 Å². The third-order valence-electron chi connectivity index (χ3n) is 1.94. The largest absolute Gasteiger partial charge is 0.494 e. The number of nitro benzene ring substituents is 1. The SMILES string of the molecule is COc1ccc([N+](=O)[O-])c2nc[nH]c12. The van der Waals surface area contributed by atoms with E-state index in [9.17, 15) is 10.1 Å². The topological polar surface area (TPSA) is 81.1 Å². The molecule has 0 unspecified atom stereocenters. The van der Waals surface area contributed by atoms with E-state index in [1.165, 1.54) is 19.5 Å². The first-order valence-electron chi connectivity index (χ1n) is 3.88. The second kappa shape index (κ2) is 2.99. The summed E-state index contributed by atoms with van der Waals surface area (Å²) >= 11 is 0. The van der Waals surface area contributed by atoms with Crippen LogP contribution in [0.25, 0.3) is 11.0 Å². The molecule has 6 heteroatoms. The van der Waals surface area contributed by atoms with E-state index < -0.39 is 4.92 Å². The predicted molar refractivity (Wildman–Crippen MR) is 49.3 cm³/mol. The van der Waals surface area contributed by atoms with Gasteiger partial charge in [0.2, 0.25) is 0 Å². The van der Waals surface area contributed by atoms with Gasteiger partial charge in [-0.05, 0) is 6.07 Å². The minimum absolute atomic E-state index is 0.0259. The Bertz CT molecular complexity index is 492. The number of non-ortho nitro benzene ring substituents is 1. The molecule has 0 aliphatic rings. The summed E-state index contributed by atoms with van der Waals surface area (Å²) in [6.45, 7) is 0. The van der Waals surface area contributed by atoms with Crippen molar-refractivity contribution in [3.8, 4) is 5.75 Å². The van der Waals surface area contributed by atoms with Gasteiger partial charge in [-0.25, -0.2) is 4.98 Å². The summed E-state index contributed by atoms with van der Waals surface area (Å²) in [5, 5.41) is 10.6. The molecular weight excluding hydrogens is 186 g/mol. The van der Waals surface area contributed by atoms with Crippen molar-refractivity contribution in [3.05, 3.63) is 28.6 Å². The molecule has 0 atom stereocenters. The Kier molecular flexibility index (Phi) is 1.81. The number of imidazole rings is 1. The monoisotopic (exact) mass is 193 g/mol. The lowest BCUT2D eigenvalue weighted by Crippen LogP contribution is -1.91. The lowest BCUT2D eigenvalue weighted by Gasteiger charge is -2.00. The number of fused-ring (bicyclic) bond motifs is 1. The van der Waals surface area contributed by atoms with Crippen molar-refractivity contribution in [2.75, 3.05) is 7.11 Å². The maximum Gasteiger partial charge on any atom is 0.297 e. The molecule has 0 saturated carbocycles. The average Bonchev–Trinajstić information content (AvgIpc) is 2.64. The molecule has 0 aliphatic heterocycles. The van der Waals surface area contributed by atoms with E-state index in [0.29, 0.717) is 16.8 Å². The van der Waals surface area contributed by atoms with Crippen LogP contribution in [0.4, 0.5) is 5.69 Å². The molecule has 0 aliphatic carbocycles. The molecule has 2 rings (SSSR count). The molecule has 1 aromatic heterocycles. The average molecular weight is 193 g/mol. The minimum Gasteiger partial charge on any atom is -0.494 e. The van der Waals surface area contributed by atoms with Gasteiger partial charge in [0.15, 0.2) is 5.52 Å². The zero-order valence-electron chi connectivity index (χ0n) is 7.35. The predicted octanol–water partition coefficient (Wildman–Crippen LogP) is 1.48. The number of aromatic amines is 1. The summed E-state index contributed by atoms with van der Waals surface area (Å²) in [5.74, 6) is 0.545. The van der Waals surface area contributed by atoms with Gasteiger partial charge in [-0.1, -0.05) is 0 Å². The number of nitro groups is 1. The zero-order valence-corrected chi connectivity index (χ0v) is 7.35. The van der Waals surface area contributed by atoms with E-state index in [4.69, 9.17) is 4.74 Å². The molecule has 72 valence electrons. The summed E-state index contributed by atoms with van der Waals surface area (Å²) < 4.78 is 5.03. The Morgan fingerprint density at radius 3 is 3.00 bits per heavy atom. The summed E-state index contributed by atoms with van der Waals surface area (Å²) in [6.07, 6.45) is 1.40. The summed E-state index contributed by atoms with van der Waals surface area (Å²) in [4.78, 5) is 16.8. The number of methoxy groups -OCH3 is 1. The fourth-order valence-electron chi connectivity index (χ4n) is 1.31. The van der Waals surface area contributed by atoms with Gasteiger partial charge < -0.3 is 9.72 Å². The fourth-order valence-corrected chi connectivity index (χ4v) is 1.31. The van der Waals surface area contributed by atoms with Gasteiger partial charge >= 0.3 is 0 Å². The van der Waals surface area contributed by atoms with Crippen molar-refractivity contribution in [1.29, 1.82) is 0 Å². The van der Waals surface area contributed by atoms with Gasteiger partial charge in [-0.3, -0.25) is 10.1 Å². The maximum atomic E-state index is 10.6. The molecule has 0 amide bonds. The molecule has 1 aromatic carbocycles. The van der Waals surface area contributed by atoms with E-state index in [2.05, 4.69) is 9.97 Å². The normalized spacial score (nSPS) is 10.4. The number of nitrogens with one attached hydrogen (secondary N) is 1. The number of aromatic nitrogens is 2. The molecule has 14 heavy (non-hydrogen) atoms. The Labute approximate surface area is 78.7 Å². The molecule has 0 bridgehead atoms. The van der Waals surface area contributed by atoms with Crippen molar-refractivity contribution < 1.29 is 9.66 Å². The van der Waals surface area contributed by atoms with Crippen LogP contribution in [-0.4, -0.2) is 22.0 Å². The van der Waals surface area contributed by atoms with Gasteiger partial charge in [0.1, 0.15) is 11.3 Å². The van der Waals surface area contributed by atoms with Crippen molar-refractivity contribution >= 4 is 16.7 Å². The number of hydrogen-bond donors (Lipinski definition) is 1. The van der Waals surface area contributed by atoms with Crippen LogP contribution < -0.4 is 4.74 Å². The van der Waals surface area contributed by atoms with Crippen LogP contribution in [-0.2, 0) is 0 Å².